The summed E-state index contributed by atoms with van der Waals surface area (Å²) in [4.78, 5) is 135. The predicted molar refractivity (Wildman–Crippen MR) is 392 cm³/mol. The number of aromatic amines is 4. The van der Waals surface area contributed by atoms with E-state index >= 15 is 0 Å². The van der Waals surface area contributed by atoms with E-state index in [2.05, 4.69) is 126 Å². The summed E-state index contributed by atoms with van der Waals surface area (Å²) in [5.74, 6) is -1.78. The van der Waals surface area contributed by atoms with Crippen molar-refractivity contribution >= 4 is 103 Å². The number of ether oxygens (including phenoxy) is 2. The van der Waals surface area contributed by atoms with Crippen LogP contribution in [0.2, 0.25) is 0 Å². The van der Waals surface area contributed by atoms with Gasteiger partial charge in [-0.2, -0.15) is 67.6 Å². The molecular weight excluding hydrogens is 1580 g/mol. The second-order valence-electron chi connectivity index (χ2n) is 25.3. The van der Waals surface area contributed by atoms with Gasteiger partial charge in [-0.25, -0.2) is 74.2 Å². The summed E-state index contributed by atoms with van der Waals surface area (Å²) in [6.45, 7) is 4.35. The summed E-state index contributed by atoms with van der Waals surface area (Å²) in [5, 5.41) is 20.8. The number of nitrogens with zero attached hydrogens (tertiary/aromatic N) is 19. The number of fused-ring (bicyclic) bond motifs is 4. The van der Waals surface area contributed by atoms with Gasteiger partial charge in [-0.3, -0.25) is 19.2 Å². The number of H-pyrrole nitrogens is 4. The fraction of sp³-hybridized carbons (Fsp3) is 0.358. The van der Waals surface area contributed by atoms with Gasteiger partial charge in [0.05, 0.1) is 32.6 Å². The van der Waals surface area contributed by atoms with Gasteiger partial charge in [0, 0.05) is 132 Å². The molecule has 0 aliphatic carbocycles. The highest BCUT2D eigenvalue weighted by atomic mass is 19.4. The van der Waals surface area contributed by atoms with Crippen LogP contribution in [-0.2, 0) is 28.7 Å². The number of anilines is 6. The van der Waals surface area contributed by atoms with Crippen LogP contribution in [0.4, 0.5) is 92.2 Å². The predicted octanol–water partition coefficient (Wildman–Crippen LogP) is 6.78. The molecule has 50 heteroatoms. The molecule has 2 saturated heterocycles. The minimum atomic E-state index is -4.54. The van der Waals surface area contributed by atoms with Crippen LogP contribution in [0.15, 0.2) is 99.4 Å². The zero-order valence-electron chi connectivity index (χ0n) is 61.4. The molecule has 2 aliphatic rings. The van der Waals surface area contributed by atoms with E-state index in [1.807, 2.05) is 25.8 Å². The second-order valence-corrected chi connectivity index (χ2v) is 25.3. The molecule has 14 rings (SSSR count). The molecule has 12 aromatic rings. The molecular formula is C67H68F13N31O6. The fourth-order valence-corrected chi connectivity index (χ4v) is 10.9. The van der Waals surface area contributed by atoms with Crippen molar-refractivity contribution in [2.45, 2.75) is 76.6 Å². The Kier molecular flexibility index (Phi) is 26.8. The van der Waals surface area contributed by atoms with E-state index in [4.69, 9.17) is 9.47 Å². The van der Waals surface area contributed by atoms with Crippen LogP contribution in [-0.4, -0.2) is 256 Å². The molecule has 0 unspecified atom stereocenters. The number of rotatable bonds is 22. The maximum Gasteiger partial charge on any atom is 0.405 e. The molecule has 14 heterocycles. The topological polar surface area (TPSA) is 472 Å². The number of halogens is 13. The van der Waals surface area contributed by atoms with E-state index in [1.54, 1.807) is 54.8 Å². The lowest BCUT2D eigenvalue weighted by Crippen LogP contribution is -2.42. The Balaban J connectivity index is 0.000000154. The summed E-state index contributed by atoms with van der Waals surface area (Å²) >= 11 is 0. The quantitative estimate of drug-likeness (QED) is 0.0311. The van der Waals surface area contributed by atoms with Crippen molar-refractivity contribution in [1.82, 2.24) is 126 Å². The van der Waals surface area contributed by atoms with Crippen LogP contribution in [0.5, 0.6) is 0 Å². The summed E-state index contributed by atoms with van der Waals surface area (Å²) in [5.41, 5.74) is 4.81. The molecule has 12 N–H and O–H groups in total. The maximum atomic E-state index is 14.0. The van der Waals surface area contributed by atoms with Crippen LogP contribution >= 0.6 is 0 Å². The van der Waals surface area contributed by atoms with Crippen LogP contribution in [0.3, 0.4) is 0 Å². The summed E-state index contributed by atoms with van der Waals surface area (Å²) in [6, 6.07) is -0.863. The number of carbonyl (C=O) groups is 4. The normalized spacial score (nSPS) is 14.3. The van der Waals surface area contributed by atoms with E-state index in [9.17, 15) is 76.3 Å². The number of nitrogens with one attached hydrogen (secondary N) is 12. The Morgan fingerprint density at radius 2 is 0.786 bits per heavy atom. The average molecular weight is 1650 g/mol. The highest BCUT2D eigenvalue weighted by Crippen LogP contribution is 2.32. The van der Waals surface area contributed by atoms with Gasteiger partial charge in [0.1, 0.15) is 116 Å². The third-order valence-corrected chi connectivity index (χ3v) is 16.6. The summed E-state index contributed by atoms with van der Waals surface area (Å²) < 4.78 is 172. The van der Waals surface area contributed by atoms with Crippen molar-refractivity contribution in [1.29, 1.82) is 0 Å². The largest absolute Gasteiger partial charge is 0.405 e. The number of carbonyl (C=O) groups excluding carboxylic acids is 4. The first-order chi connectivity index (χ1) is 55.7. The second kappa shape index (κ2) is 37.1. The van der Waals surface area contributed by atoms with Crippen LogP contribution in [0.25, 0.3) is 89.7 Å². The molecule has 4 atom stereocenters. The standard InChI is InChI=1S/C19H21F3N8O2.C18H20F3N9O2.C15H13F4N7O.C15H14F3N7O/c1-11(18(31)25-9-19(20,21)22)27-14-6-15(30-2-4-32-5-3-30)29-17(28-14)13-8-24-16-12(13)7-23-10-26-16;1-10(15(31)24-8-18(19,20)21)26-16-27-14(12-7-23-13-11(12)6-22-9-25-13)28-17(29-16)30-2-4-32-5-3-30;1-7(14(27)23-5-15(17,18)19)25-13-10(16)4-22-12(26-13)9-3-21-11-8(9)2-20-6-24-11;1-8(14(26)22-6-15(16,17)18)24-11-2-3-20-13(25-11)10-5-21-12-9(10)4-19-7-23-12/h6-8,10-11H,2-5,9H2,1H3,(H,25,31)(H,23,24,26)(H,27,28,29);6-7,9-10H,2-5,8H2,1H3,(H,24,31)(H,22,23,25)(H,26,27,28,29);2-4,6-7H,5H2,1H3,(H,23,27)(H,20,21,24)(H,22,25,26);2-5,7-8H,6H2,1H3,(H,22,26)(H,19,21,23)(H,20,24,25)/t11-;10-;7-;8-/m0011/s1. The SMILES string of the molecule is C[C@@H](Nc1ccnc(-c2c[nH]c3ncncc23)n1)C(=O)NCC(F)(F)F.C[C@@H](Nc1nc(-c2c[nH]c3ncncc23)ncc1F)C(=O)NCC(F)(F)F.C[C@H](Nc1cc(N2CCOCC2)nc(-c2c[nH]c3ncncc23)n1)C(=O)NCC(F)(F)F.C[C@H](Nc1nc(-c2c[nH]c3ncncc23)nc(N2CCOCC2)n1)C(=O)NCC(F)(F)F. The van der Waals surface area contributed by atoms with Crippen molar-refractivity contribution in [2.75, 3.05) is 110 Å². The van der Waals surface area contributed by atoms with Crippen molar-refractivity contribution < 1.29 is 85.7 Å². The smallest absolute Gasteiger partial charge is 0.378 e. The average Bonchev–Trinajstić information content (AvgIpc) is 1.71. The molecule has 0 radical (unpaired) electrons. The third-order valence-electron chi connectivity index (χ3n) is 16.6. The molecule has 0 aromatic carbocycles. The molecule has 2 aliphatic heterocycles. The number of morpholine rings is 2. The molecule has 37 nitrogen and oxygen atoms in total. The molecule has 0 bridgehead atoms. The zero-order chi connectivity index (χ0) is 83.8. The Morgan fingerprint density at radius 1 is 0.419 bits per heavy atom. The number of hydrogen-bond acceptors (Lipinski definition) is 29. The first kappa shape index (κ1) is 84.3. The fourth-order valence-electron chi connectivity index (χ4n) is 10.9. The summed E-state index contributed by atoms with van der Waals surface area (Å²) in [6.07, 6.45) is 3.00. The molecule has 4 amide bonds. The van der Waals surface area contributed by atoms with Gasteiger partial charge in [-0.1, -0.05) is 0 Å². The Morgan fingerprint density at radius 3 is 1.21 bits per heavy atom. The molecule has 2 fully saturated rings. The highest BCUT2D eigenvalue weighted by Gasteiger charge is 2.34. The molecule has 0 spiro atoms. The maximum absolute atomic E-state index is 14.0. The van der Waals surface area contributed by atoms with Gasteiger partial charge >= 0.3 is 24.7 Å². The van der Waals surface area contributed by atoms with Gasteiger partial charge in [-0.15, -0.1) is 0 Å². The van der Waals surface area contributed by atoms with Gasteiger partial charge in [-0.05, 0) is 33.8 Å². The lowest BCUT2D eigenvalue weighted by Gasteiger charge is -2.28. The lowest BCUT2D eigenvalue weighted by atomic mass is 10.2. The molecule has 618 valence electrons. The van der Waals surface area contributed by atoms with Crippen LogP contribution in [0.1, 0.15) is 27.7 Å². The highest BCUT2D eigenvalue weighted by molar-refractivity contribution is 5.95. The van der Waals surface area contributed by atoms with Crippen molar-refractivity contribution in [3.63, 3.8) is 0 Å². The van der Waals surface area contributed by atoms with E-state index in [0.29, 0.717) is 154 Å². The Bertz CT molecular complexity index is 5230. The van der Waals surface area contributed by atoms with Gasteiger partial charge in [0.15, 0.2) is 34.9 Å². The molecule has 117 heavy (non-hydrogen) atoms. The van der Waals surface area contributed by atoms with E-state index in [1.165, 1.54) is 71.5 Å². The minimum Gasteiger partial charge on any atom is -0.378 e. The number of hydrogen-bond donors (Lipinski definition) is 12. The van der Waals surface area contributed by atoms with Gasteiger partial charge in [0.2, 0.25) is 35.5 Å². The van der Waals surface area contributed by atoms with Crippen molar-refractivity contribution in [2.24, 2.45) is 0 Å². The zero-order valence-corrected chi connectivity index (χ0v) is 61.4. The van der Waals surface area contributed by atoms with Crippen molar-refractivity contribution in [3.8, 4) is 45.6 Å². The molecule has 0 saturated carbocycles. The number of amides is 4. The Hall–Kier alpha value is -13.6. The van der Waals surface area contributed by atoms with Crippen LogP contribution < -0.4 is 52.3 Å². The van der Waals surface area contributed by atoms with Crippen molar-refractivity contribution in [3.05, 3.63) is 105 Å². The third kappa shape index (κ3) is 23.5. The Labute approximate surface area is 649 Å². The van der Waals surface area contributed by atoms with E-state index < -0.39 is 104 Å². The van der Waals surface area contributed by atoms with Crippen LogP contribution in [0, 0.1) is 5.82 Å². The first-order valence-corrected chi connectivity index (χ1v) is 34.9. The summed E-state index contributed by atoms with van der Waals surface area (Å²) in [7, 11) is 0. The molecule has 12 aromatic heterocycles. The first-order valence-electron chi connectivity index (χ1n) is 34.9. The number of alkyl halides is 12. The van der Waals surface area contributed by atoms with E-state index in [-0.39, 0.29) is 17.6 Å². The monoisotopic (exact) mass is 1650 g/mol. The van der Waals surface area contributed by atoms with Gasteiger partial charge < -0.3 is 81.7 Å². The lowest BCUT2D eigenvalue weighted by molar-refractivity contribution is -0.138. The van der Waals surface area contributed by atoms with Gasteiger partial charge in [0.25, 0.3) is 0 Å². The number of aromatic nitrogens is 21. The minimum absolute atomic E-state index is 0.0531. The van der Waals surface area contributed by atoms with E-state index in [0.717, 1.165) is 11.6 Å².